The van der Waals surface area contributed by atoms with Gasteiger partial charge in [0.2, 0.25) is 0 Å². The van der Waals surface area contributed by atoms with Crippen LogP contribution in [0.3, 0.4) is 0 Å². The molecule has 0 saturated heterocycles. The van der Waals surface area contributed by atoms with Crippen molar-refractivity contribution in [2.24, 2.45) is 0 Å². The Morgan fingerprint density at radius 2 is 2.12 bits per heavy atom. The van der Waals surface area contributed by atoms with Crippen molar-refractivity contribution in [2.45, 2.75) is 32.3 Å². The minimum atomic E-state index is -0.974. The number of fused-ring (bicyclic) bond motifs is 1. The number of halogens is 2. The molecular formula is C17H15ClFNO3S. The second kappa shape index (κ2) is 6.91. The van der Waals surface area contributed by atoms with Gasteiger partial charge in [-0.05, 0) is 56.0 Å². The van der Waals surface area contributed by atoms with Gasteiger partial charge in [-0.2, -0.15) is 0 Å². The minimum Gasteiger partial charge on any atom is -0.448 e. The van der Waals surface area contributed by atoms with E-state index in [2.05, 4.69) is 5.32 Å². The van der Waals surface area contributed by atoms with Gasteiger partial charge in [-0.3, -0.25) is 4.79 Å². The van der Waals surface area contributed by atoms with Gasteiger partial charge in [0.1, 0.15) is 10.7 Å². The number of ether oxygens (including phenoxy) is 1. The van der Waals surface area contributed by atoms with E-state index in [1.54, 1.807) is 0 Å². The molecule has 0 bridgehead atoms. The Hall–Kier alpha value is -1.92. The number of benzene rings is 1. The van der Waals surface area contributed by atoms with Crippen molar-refractivity contribution < 1.29 is 18.7 Å². The normalized spacial score (nSPS) is 14.1. The number of anilines is 1. The minimum absolute atomic E-state index is 0.0921. The fourth-order valence-corrected chi connectivity index (χ4v) is 3.84. The van der Waals surface area contributed by atoms with Crippen molar-refractivity contribution in [3.05, 3.63) is 50.4 Å². The van der Waals surface area contributed by atoms with Crippen LogP contribution in [0.5, 0.6) is 0 Å². The number of aryl methyl sites for hydroxylation is 2. The molecule has 1 aromatic heterocycles. The molecule has 1 aliphatic rings. The maximum atomic E-state index is 13.1. The summed E-state index contributed by atoms with van der Waals surface area (Å²) in [6.45, 7) is 1.49. The summed E-state index contributed by atoms with van der Waals surface area (Å²) in [7, 11) is 0. The molecule has 1 heterocycles. The third kappa shape index (κ3) is 3.60. The fourth-order valence-electron chi connectivity index (χ4n) is 2.52. The van der Waals surface area contributed by atoms with Crippen molar-refractivity contribution >= 4 is 40.5 Å². The van der Waals surface area contributed by atoms with Gasteiger partial charge in [0.25, 0.3) is 5.91 Å². The van der Waals surface area contributed by atoms with E-state index in [-0.39, 0.29) is 5.02 Å². The summed E-state index contributed by atoms with van der Waals surface area (Å²) in [6.07, 6.45) is 2.13. The van der Waals surface area contributed by atoms with E-state index < -0.39 is 23.8 Å². The topological polar surface area (TPSA) is 55.4 Å². The number of esters is 1. The highest BCUT2D eigenvalue weighted by atomic mass is 35.5. The molecule has 1 aliphatic carbocycles. The summed E-state index contributed by atoms with van der Waals surface area (Å²) in [6, 6.07) is 5.69. The van der Waals surface area contributed by atoms with Crippen LogP contribution < -0.4 is 5.32 Å². The van der Waals surface area contributed by atoms with Gasteiger partial charge in [-0.15, -0.1) is 11.3 Å². The van der Waals surface area contributed by atoms with Crippen LogP contribution in [0.15, 0.2) is 24.3 Å². The van der Waals surface area contributed by atoms with E-state index in [0.29, 0.717) is 10.6 Å². The molecule has 1 atom stereocenters. The van der Waals surface area contributed by atoms with E-state index >= 15 is 0 Å². The summed E-state index contributed by atoms with van der Waals surface area (Å²) in [5, 5.41) is 2.45. The lowest BCUT2D eigenvalue weighted by Crippen LogP contribution is -2.29. The van der Waals surface area contributed by atoms with E-state index in [9.17, 15) is 14.0 Å². The van der Waals surface area contributed by atoms with Gasteiger partial charge >= 0.3 is 5.97 Å². The quantitative estimate of drug-likeness (QED) is 0.823. The SMILES string of the molecule is C[C@H](OC(=O)c1cc2c(s1)CCC2)C(=O)Nc1ccc(F)c(Cl)c1. The number of amides is 1. The van der Waals surface area contributed by atoms with Crippen molar-refractivity contribution in [1.82, 2.24) is 0 Å². The Labute approximate surface area is 147 Å². The summed E-state index contributed by atoms with van der Waals surface area (Å²) >= 11 is 7.09. The summed E-state index contributed by atoms with van der Waals surface area (Å²) in [5.74, 6) is -1.58. The molecular weight excluding hydrogens is 353 g/mol. The van der Waals surface area contributed by atoms with Crippen molar-refractivity contribution in [3.63, 3.8) is 0 Å². The zero-order valence-electron chi connectivity index (χ0n) is 12.9. The van der Waals surface area contributed by atoms with Crippen LogP contribution in [-0.2, 0) is 22.4 Å². The monoisotopic (exact) mass is 367 g/mol. The second-order valence-electron chi connectivity index (χ2n) is 5.58. The number of nitrogens with one attached hydrogen (secondary N) is 1. The molecule has 0 fully saturated rings. The largest absolute Gasteiger partial charge is 0.448 e. The van der Waals surface area contributed by atoms with Crippen molar-refractivity contribution in [2.75, 3.05) is 5.32 Å². The molecule has 1 N–H and O–H groups in total. The first-order valence-electron chi connectivity index (χ1n) is 7.52. The van der Waals surface area contributed by atoms with Crippen LogP contribution in [0, 0.1) is 5.82 Å². The average molecular weight is 368 g/mol. The molecule has 3 rings (SSSR count). The van der Waals surface area contributed by atoms with Crippen LogP contribution in [0.4, 0.5) is 10.1 Å². The maximum absolute atomic E-state index is 13.1. The third-order valence-electron chi connectivity index (χ3n) is 3.79. The highest BCUT2D eigenvalue weighted by Crippen LogP contribution is 2.31. The number of hydrogen-bond donors (Lipinski definition) is 1. The number of rotatable bonds is 4. The van der Waals surface area contributed by atoms with Crippen molar-refractivity contribution in [1.29, 1.82) is 0 Å². The van der Waals surface area contributed by atoms with E-state index in [1.165, 1.54) is 40.8 Å². The van der Waals surface area contributed by atoms with Crippen LogP contribution in [0.1, 0.15) is 33.5 Å². The Morgan fingerprint density at radius 3 is 2.83 bits per heavy atom. The first-order valence-corrected chi connectivity index (χ1v) is 8.72. The summed E-state index contributed by atoms with van der Waals surface area (Å²) in [4.78, 5) is 26.0. The summed E-state index contributed by atoms with van der Waals surface area (Å²) < 4.78 is 18.3. The van der Waals surface area contributed by atoms with E-state index in [4.69, 9.17) is 16.3 Å². The average Bonchev–Trinajstić information content (AvgIpc) is 3.12. The standard InChI is InChI=1S/C17H15ClFNO3S/c1-9(16(21)20-11-5-6-13(19)12(18)8-11)23-17(22)15-7-10-3-2-4-14(10)24-15/h5-9H,2-4H2,1H3,(H,20,21)/t9-/m0/s1. The predicted octanol–water partition coefficient (Wildman–Crippen LogP) is 4.21. The molecule has 0 unspecified atom stereocenters. The van der Waals surface area contributed by atoms with E-state index in [0.717, 1.165) is 25.3 Å². The number of carbonyl (C=O) groups excluding carboxylic acids is 2. The Kier molecular flexibility index (Phi) is 4.87. The molecule has 4 nitrogen and oxygen atoms in total. The number of thiophene rings is 1. The summed E-state index contributed by atoms with van der Waals surface area (Å²) in [5.41, 5.74) is 1.54. The molecule has 2 aromatic rings. The Bertz CT molecular complexity index is 784. The predicted molar refractivity (Wildman–Crippen MR) is 91.3 cm³/mol. The highest BCUT2D eigenvalue weighted by molar-refractivity contribution is 7.14. The maximum Gasteiger partial charge on any atom is 0.349 e. The molecule has 0 spiro atoms. The molecule has 1 amide bonds. The molecule has 24 heavy (non-hydrogen) atoms. The van der Waals surface area contributed by atoms with Crippen LogP contribution in [0.25, 0.3) is 0 Å². The molecule has 0 saturated carbocycles. The zero-order valence-corrected chi connectivity index (χ0v) is 14.5. The molecule has 0 aliphatic heterocycles. The van der Waals surface area contributed by atoms with Gasteiger partial charge in [0.15, 0.2) is 6.10 Å². The second-order valence-corrected chi connectivity index (χ2v) is 7.12. The highest BCUT2D eigenvalue weighted by Gasteiger charge is 2.23. The number of carbonyl (C=O) groups is 2. The Morgan fingerprint density at radius 1 is 1.33 bits per heavy atom. The molecule has 1 aromatic carbocycles. The molecule has 126 valence electrons. The van der Waals surface area contributed by atoms with Crippen LogP contribution in [-0.4, -0.2) is 18.0 Å². The lowest BCUT2D eigenvalue weighted by molar-refractivity contribution is -0.123. The first-order chi connectivity index (χ1) is 11.4. The van der Waals surface area contributed by atoms with Gasteiger partial charge < -0.3 is 10.1 Å². The van der Waals surface area contributed by atoms with Crippen LogP contribution in [0.2, 0.25) is 5.02 Å². The van der Waals surface area contributed by atoms with Gasteiger partial charge in [0, 0.05) is 10.6 Å². The van der Waals surface area contributed by atoms with Gasteiger partial charge in [-0.25, -0.2) is 9.18 Å². The van der Waals surface area contributed by atoms with Gasteiger partial charge in [-0.1, -0.05) is 11.6 Å². The smallest absolute Gasteiger partial charge is 0.349 e. The lowest BCUT2D eigenvalue weighted by Gasteiger charge is -2.13. The zero-order chi connectivity index (χ0) is 17.3. The fraction of sp³-hybridized carbons (Fsp3) is 0.294. The van der Waals surface area contributed by atoms with E-state index in [1.807, 2.05) is 6.07 Å². The molecule has 0 radical (unpaired) electrons. The third-order valence-corrected chi connectivity index (χ3v) is 5.29. The Balaban J connectivity index is 1.60. The first kappa shape index (κ1) is 16.9. The van der Waals surface area contributed by atoms with Gasteiger partial charge in [0.05, 0.1) is 5.02 Å². The lowest BCUT2D eigenvalue weighted by atomic mass is 10.2. The number of hydrogen-bond acceptors (Lipinski definition) is 4. The van der Waals surface area contributed by atoms with Crippen LogP contribution >= 0.6 is 22.9 Å². The van der Waals surface area contributed by atoms with Crippen molar-refractivity contribution in [3.8, 4) is 0 Å². The molecule has 7 heteroatoms.